The molecule has 2 heteroatoms. The second kappa shape index (κ2) is 2.67. The van der Waals surface area contributed by atoms with E-state index in [-0.39, 0.29) is 11.8 Å². The van der Waals surface area contributed by atoms with Crippen molar-refractivity contribution in [1.82, 2.24) is 0 Å². The van der Waals surface area contributed by atoms with Crippen LogP contribution in [0.3, 0.4) is 0 Å². The highest BCUT2D eigenvalue weighted by Gasteiger charge is 2.52. The van der Waals surface area contributed by atoms with Crippen LogP contribution in [-0.2, 0) is 0 Å². The third-order valence-corrected chi connectivity index (χ3v) is 2.71. The summed E-state index contributed by atoms with van der Waals surface area (Å²) in [5.41, 5.74) is 0.844. The summed E-state index contributed by atoms with van der Waals surface area (Å²) in [6.45, 7) is 0.980. The van der Waals surface area contributed by atoms with E-state index in [2.05, 4.69) is 14.1 Å². The molecule has 1 atom stereocenters. The predicted octanol–water partition coefficient (Wildman–Crippen LogP) is 1.33. The molecule has 0 bridgehead atoms. The zero-order valence-electron chi connectivity index (χ0n) is 8.03. The normalized spacial score (nSPS) is 24.0. The number of rotatable bonds is 2. The monoisotopic (exact) mass is 176 g/mol. The fourth-order valence-corrected chi connectivity index (χ4v) is 1.59. The van der Waals surface area contributed by atoms with E-state index < -0.39 is 0 Å². The molecule has 68 valence electrons. The molecule has 1 saturated heterocycles. The molecule has 1 unspecified atom stereocenters. The van der Waals surface area contributed by atoms with E-state index in [0.29, 0.717) is 0 Å². The molecule has 0 radical (unpaired) electrons. The third-order valence-electron chi connectivity index (χ3n) is 2.71. The first kappa shape index (κ1) is 8.45. The van der Waals surface area contributed by atoms with Crippen LogP contribution >= 0.6 is 0 Å². The summed E-state index contributed by atoms with van der Waals surface area (Å²) in [4.78, 5) is 11.8. The number of nitrogens with zero attached hydrogens (tertiary/aromatic N) is 1. The number of hydrogen-bond donors (Lipinski definition) is 0. The first-order valence-corrected chi connectivity index (χ1v) is 4.53. The van der Waals surface area contributed by atoms with Gasteiger partial charge >= 0.3 is 0 Å². The van der Waals surface area contributed by atoms with Crippen molar-refractivity contribution >= 4 is 5.78 Å². The molecule has 0 aromatic heterocycles. The van der Waals surface area contributed by atoms with Crippen molar-refractivity contribution in [3.05, 3.63) is 35.9 Å². The highest BCUT2D eigenvalue weighted by Crippen LogP contribution is 2.27. The molecule has 0 N–H and O–H groups in total. The average Bonchev–Trinajstić information content (AvgIpc) is 2.76. The number of benzene rings is 1. The van der Waals surface area contributed by atoms with E-state index in [9.17, 15) is 4.79 Å². The highest BCUT2D eigenvalue weighted by atomic mass is 16.1. The molecule has 0 aliphatic carbocycles. The number of quaternary nitrogens is 1. The Morgan fingerprint density at radius 2 is 1.85 bits per heavy atom. The molecule has 2 nitrogen and oxygen atoms in total. The maximum atomic E-state index is 11.8. The van der Waals surface area contributed by atoms with E-state index in [0.717, 1.165) is 16.6 Å². The lowest BCUT2D eigenvalue weighted by molar-refractivity contribution is -0.762. The van der Waals surface area contributed by atoms with Crippen LogP contribution in [0.4, 0.5) is 0 Å². The van der Waals surface area contributed by atoms with Crippen LogP contribution in [0.15, 0.2) is 30.3 Å². The lowest BCUT2D eigenvalue weighted by Crippen LogP contribution is -2.22. The number of likely N-dealkylation sites (N-methyl/N-ethyl adjacent to an activating group) is 1. The van der Waals surface area contributed by atoms with Gasteiger partial charge in [0.05, 0.1) is 14.1 Å². The van der Waals surface area contributed by atoms with Crippen LogP contribution in [0.5, 0.6) is 0 Å². The Morgan fingerprint density at radius 3 is 2.31 bits per heavy atom. The van der Waals surface area contributed by atoms with Gasteiger partial charge in [0.1, 0.15) is 6.54 Å². The largest absolute Gasteiger partial charge is 0.309 e. The van der Waals surface area contributed by atoms with Crippen molar-refractivity contribution in [3.63, 3.8) is 0 Å². The lowest BCUT2D eigenvalue weighted by atomic mass is 10.1. The fraction of sp³-hybridized carbons (Fsp3) is 0.364. The lowest BCUT2D eigenvalue weighted by Gasteiger charge is -2.04. The quantitative estimate of drug-likeness (QED) is 0.377. The van der Waals surface area contributed by atoms with Crippen LogP contribution in [0, 0.1) is 0 Å². The SMILES string of the molecule is C[N+]1(C)CC1C(=O)c1ccccc1. The smallest absolute Gasteiger partial charge is 0.225 e. The van der Waals surface area contributed by atoms with Crippen LogP contribution in [0.2, 0.25) is 0 Å². The maximum absolute atomic E-state index is 11.8. The minimum absolute atomic E-state index is 0.197. The number of Topliss-reactive ketones (excluding diaryl/α,β-unsaturated/α-hetero) is 1. The molecule has 1 aliphatic rings. The minimum atomic E-state index is 0.197. The Hall–Kier alpha value is -1.15. The van der Waals surface area contributed by atoms with Crippen molar-refractivity contribution in [2.75, 3.05) is 20.6 Å². The van der Waals surface area contributed by atoms with E-state index in [4.69, 9.17) is 0 Å². The van der Waals surface area contributed by atoms with Crippen LogP contribution in [0.1, 0.15) is 10.4 Å². The van der Waals surface area contributed by atoms with Gasteiger partial charge in [-0.05, 0) is 0 Å². The van der Waals surface area contributed by atoms with Crippen molar-refractivity contribution in [2.45, 2.75) is 6.04 Å². The zero-order valence-corrected chi connectivity index (χ0v) is 8.03. The molecule has 1 fully saturated rings. The Kier molecular flexibility index (Phi) is 1.74. The minimum Gasteiger partial charge on any atom is -0.309 e. The molecule has 13 heavy (non-hydrogen) atoms. The summed E-state index contributed by atoms with van der Waals surface area (Å²) in [5, 5.41) is 0. The summed E-state index contributed by atoms with van der Waals surface area (Å²) < 4.78 is 0.841. The van der Waals surface area contributed by atoms with Gasteiger partial charge < -0.3 is 4.48 Å². The number of carbonyl (C=O) groups is 1. The predicted molar refractivity (Wildman–Crippen MR) is 51.5 cm³/mol. The van der Waals surface area contributed by atoms with Gasteiger partial charge in [-0.2, -0.15) is 0 Å². The van der Waals surface area contributed by atoms with Gasteiger partial charge in [0.2, 0.25) is 11.8 Å². The van der Waals surface area contributed by atoms with Gasteiger partial charge in [-0.25, -0.2) is 0 Å². The first-order chi connectivity index (χ1) is 6.11. The molecule has 2 rings (SSSR count). The fourth-order valence-electron chi connectivity index (χ4n) is 1.59. The second-order valence-electron chi connectivity index (χ2n) is 4.21. The van der Waals surface area contributed by atoms with Gasteiger partial charge in [-0.1, -0.05) is 30.3 Å². The van der Waals surface area contributed by atoms with Crippen molar-refractivity contribution in [1.29, 1.82) is 0 Å². The van der Waals surface area contributed by atoms with Crippen molar-refractivity contribution in [2.24, 2.45) is 0 Å². The zero-order chi connectivity index (χ0) is 9.47. The number of hydrogen-bond acceptors (Lipinski definition) is 1. The van der Waals surface area contributed by atoms with Gasteiger partial charge in [0, 0.05) is 5.56 Å². The van der Waals surface area contributed by atoms with E-state index in [1.54, 1.807) is 0 Å². The van der Waals surface area contributed by atoms with Gasteiger partial charge in [0.25, 0.3) is 0 Å². The summed E-state index contributed by atoms with van der Waals surface area (Å²) in [6, 6.07) is 9.73. The topological polar surface area (TPSA) is 17.1 Å². The average molecular weight is 176 g/mol. The molecular weight excluding hydrogens is 162 g/mol. The summed E-state index contributed by atoms with van der Waals surface area (Å²) in [5.74, 6) is 0.283. The molecule has 0 saturated carbocycles. The van der Waals surface area contributed by atoms with E-state index in [1.165, 1.54) is 0 Å². The van der Waals surface area contributed by atoms with Gasteiger partial charge in [-0.3, -0.25) is 4.79 Å². The Morgan fingerprint density at radius 1 is 1.31 bits per heavy atom. The Bertz CT molecular complexity index is 329. The van der Waals surface area contributed by atoms with Crippen LogP contribution < -0.4 is 0 Å². The summed E-state index contributed by atoms with van der Waals surface area (Å²) in [7, 11) is 4.18. The van der Waals surface area contributed by atoms with E-state index in [1.807, 2.05) is 30.3 Å². The molecule has 1 aromatic rings. The van der Waals surface area contributed by atoms with Crippen molar-refractivity contribution < 1.29 is 9.28 Å². The standard InChI is InChI=1S/C11H14NO/c1-12(2)8-10(12)11(13)9-6-4-3-5-7-9/h3-7,10H,8H2,1-2H3/q+1. The summed E-state index contributed by atoms with van der Waals surface area (Å²) >= 11 is 0. The molecule has 1 aromatic carbocycles. The Labute approximate surface area is 78.4 Å². The molecule has 1 aliphatic heterocycles. The maximum Gasteiger partial charge on any atom is 0.225 e. The van der Waals surface area contributed by atoms with Crippen LogP contribution in [0.25, 0.3) is 0 Å². The third kappa shape index (κ3) is 1.49. The van der Waals surface area contributed by atoms with Gasteiger partial charge in [-0.15, -0.1) is 0 Å². The number of carbonyl (C=O) groups excluding carboxylic acids is 1. The van der Waals surface area contributed by atoms with Crippen LogP contribution in [-0.4, -0.2) is 36.9 Å². The Balaban J connectivity index is 2.17. The molecule has 0 spiro atoms. The van der Waals surface area contributed by atoms with Gasteiger partial charge in [0.15, 0.2) is 0 Å². The second-order valence-corrected chi connectivity index (χ2v) is 4.21. The highest BCUT2D eigenvalue weighted by molar-refractivity contribution is 6.00. The molecule has 0 amide bonds. The van der Waals surface area contributed by atoms with E-state index >= 15 is 0 Å². The van der Waals surface area contributed by atoms with Crippen molar-refractivity contribution in [3.8, 4) is 0 Å². The number of ketones is 1. The molecular formula is C11H14NO+. The summed E-state index contributed by atoms with van der Waals surface area (Å²) in [6.07, 6.45) is 0. The first-order valence-electron chi connectivity index (χ1n) is 4.53. The molecule has 1 heterocycles.